The van der Waals surface area contributed by atoms with Gasteiger partial charge in [-0.25, -0.2) is 4.98 Å². The van der Waals surface area contributed by atoms with Crippen molar-refractivity contribution in [1.29, 1.82) is 0 Å². The molecule has 0 bridgehead atoms. The molecule has 0 aliphatic carbocycles. The van der Waals surface area contributed by atoms with Gasteiger partial charge in [0.2, 0.25) is 0 Å². The lowest BCUT2D eigenvalue weighted by Gasteiger charge is -2.30. The highest BCUT2D eigenvalue weighted by atomic mass is 32.2. The molecule has 3 rings (SSSR count). The van der Waals surface area contributed by atoms with Gasteiger partial charge in [0.05, 0.1) is 16.8 Å². The first-order valence-electron chi connectivity index (χ1n) is 8.53. The van der Waals surface area contributed by atoms with Crippen LogP contribution < -0.4 is 11.1 Å². The first-order chi connectivity index (χ1) is 13.1. The number of hydrogen-bond acceptors (Lipinski definition) is 5. The number of rotatable bonds is 3. The van der Waals surface area contributed by atoms with Gasteiger partial charge in [0.25, 0.3) is 5.91 Å². The van der Waals surface area contributed by atoms with Crippen molar-refractivity contribution >= 4 is 28.5 Å². The van der Waals surface area contributed by atoms with Crippen molar-refractivity contribution in [2.45, 2.75) is 32.0 Å². The number of anilines is 1. The van der Waals surface area contributed by atoms with E-state index in [-0.39, 0.29) is 11.3 Å². The molecule has 1 aromatic heterocycles. The summed E-state index contributed by atoms with van der Waals surface area (Å²) in [5, 5.41) is 3.24. The Kier molecular flexibility index (Phi) is 5.38. The quantitative estimate of drug-likeness (QED) is 0.792. The third-order valence-electron chi connectivity index (χ3n) is 4.56. The van der Waals surface area contributed by atoms with E-state index in [0.29, 0.717) is 10.9 Å². The molecule has 0 radical (unpaired) electrons. The van der Waals surface area contributed by atoms with Crippen molar-refractivity contribution in [3.8, 4) is 0 Å². The van der Waals surface area contributed by atoms with Gasteiger partial charge in [0.1, 0.15) is 5.69 Å². The predicted octanol–water partition coefficient (Wildman–Crippen LogP) is 4.33. The van der Waals surface area contributed by atoms with Crippen molar-refractivity contribution in [3.63, 3.8) is 0 Å². The second-order valence-corrected chi connectivity index (χ2v) is 7.80. The number of carbonyl (C=O) groups is 1. The summed E-state index contributed by atoms with van der Waals surface area (Å²) in [7, 11) is 0. The SMILES string of the molecule is Cc1nc(C(F)(F)F)ccc1C(=O)Nc1cccc(C2(C)CCSC(N)=N2)c1. The van der Waals surface area contributed by atoms with E-state index in [0.717, 1.165) is 29.9 Å². The zero-order chi connectivity index (χ0) is 20.5. The fourth-order valence-corrected chi connectivity index (χ4v) is 3.96. The summed E-state index contributed by atoms with van der Waals surface area (Å²) in [6.07, 6.45) is -3.75. The molecule has 1 unspecified atom stereocenters. The number of amides is 1. The third-order valence-corrected chi connectivity index (χ3v) is 5.35. The molecule has 0 saturated heterocycles. The Morgan fingerprint density at radius 3 is 2.68 bits per heavy atom. The molecular weight excluding hydrogens is 389 g/mol. The lowest BCUT2D eigenvalue weighted by molar-refractivity contribution is -0.141. The Labute approximate surface area is 164 Å². The van der Waals surface area contributed by atoms with Crippen molar-refractivity contribution < 1.29 is 18.0 Å². The zero-order valence-electron chi connectivity index (χ0n) is 15.3. The molecule has 1 aliphatic heterocycles. The van der Waals surface area contributed by atoms with E-state index in [1.807, 2.05) is 13.0 Å². The van der Waals surface area contributed by atoms with Gasteiger partial charge >= 0.3 is 6.18 Å². The highest BCUT2D eigenvalue weighted by molar-refractivity contribution is 8.13. The number of nitrogens with one attached hydrogen (secondary N) is 1. The number of nitrogens with zero attached hydrogens (tertiary/aromatic N) is 2. The van der Waals surface area contributed by atoms with Crippen LogP contribution in [0.1, 0.15) is 40.7 Å². The van der Waals surface area contributed by atoms with Crippen LogP contribution in [0.5, 0.6) is 0 Å². The van der Waals surface area contributed by atoms with Crippen LogP contribution in [0.4, 0.5) is 18.9 Å². The molecule has 1 aromatic carbocycles. The number of carbonyl (C=O) groups excluding carboxylic acids is 1. The molecule has 0 saturated carbocycles. The number of thioether (sulfide) groups is 1. The number of halogens is 3. The second kappa shape index (κ2) is 7.46. The van der Waals surface area contributed by atoms with Gasteiger partial charge in [0, 0.05) is 11.4 Å². The number of aliphatic imine (C=N–C) groups is 1. The minimum atomic E-state index is -4.55. The van der Waals surface area contributed by atoms with Gasteiger partial charge in [-0.1, -0.05) is 23.9 Å². The van der Waals surface area contributed by atoms with Crippen LogP contribution >= 0.6 is 11.8 Å². The van der Waals surface area contributed by atoms with Crippen molar-refractivity contribution in [2.24, 2.45) is 10.7 Å². The third kappa shape index (κ3) is 4.30. The van der Waals surface area contributed by atoms with E-state index in [1.165, 1.54) is 18.7 Å². The molecule has 2 aromatic rings. The minimum Gasteiger partial charge on any atom is -0.379 e. The maximum absolute atomic E-state index is 12.7. The van der Waals surface area contributed by atoms with Crippen LogP contribution in [0.15, 0.2) is 41.4 Å². The van der Waals surface area contributed by atoms with Gasteiger partial charge in [-0.05, 0) is 50.1 Å². The van der Waals surface area contributed by atoms with Crippen LogP contribution in [0.2, 0.25) is 0 Å². The Hall–Kier alpha value is -2.55. The molecular formula is C19H19F3N4OS. The Bertz CT molecular complexity index is 945. The summed E-state index contributed by atoms with van der Waals surface area (Å²) < 4.78 is 38.2. The molecule has 148 valence electrons. The average Bonchev–Trinajstić information content (AvgIpc) is 2.61. The second-order valence-electron chi connectivity index (χ2n) is 6.68. The highest BCUT2D eigenvalue weighted by Gasteiger charge is 2.33. The van der Waals surface area contributed by atoms with E-state index in [1.54, 1.807) is 18.2 Å². The number of amidine groups is 1. The van der Waals surface area contributed by atoms with Crippen LogP contribution in [0.3, 0.4) is 0 Å². The smallest absolute Gasteiger partial charge is 0.379 e. The Balaban J connectivity index is 1.83. The number of hydrogen-bond donors (Lipinski definition) is 2. The van der Waals surface area contributed by atoms with Crippen LogP contribution in [-0.4, -0.2) is 21.8 Å². The van der Waals surface area contributed by atoms with Crippen LogP contribution in [0, 0.1) is 6.92 Å². The molecule has 1 aliphatic rings. The molecule has 2 heterocycles. The van der Waals surface area contributed by atoms with Gasteiger partial charge in [-0.15, -0.1) is 0 Å². The number of alkyl halides is 3. The number of aromatic nitrogens is 1. The number of pyridine rings is 1. The van der Waals surface area contributed by atoms with Gasteiger partial charge in [-0.3, -0.25) is 9.79 Å². The molecule has 1 atom stereocenters. The van der Waals surface area contributed by atoms with E-state index >= 15 is 0 Å². The van der Waals surface area contributed by atoms with E-state index < -0.39 is 23.3 Å². The molecule has 0 fully saturated rings. The molecule has 9 heteroatoms. The lowest BCUT2D eigenvalue weighted by atomic mass is 9.89. The molecule has 1 amide bonds. The van der Waals surface area contributed by atoms with E-state index in [4.69, 9.17) is 5.73 Å². The highest BCUT2D eigenvalue weighted by Crippen LogP contribution is 2.36. The van der Waals surface area contributed by atoms with Crippen LogP contribution in [0.25, 0.3) is 0 Å². The summed E-state index contributed by atoms with van der Waals surface area (Å²) in [6, 6.07) is 9.15. The number of benzene rings is 1. The first kappa shape index (κ1) is 20.2. The molecule has 0 spiro atoms. The van der Waals surface area contributed by atoms with Gasteiger partial charge < -0.3 is 11.1 Å². The van der Waals surface area contributed by atoms with Crippen molar-refractivity contribution in [2.75, 3.05) is 11.1 Å². The van der Waals surface area contributed by atoms with Crippen LogP contribution in [-0.2, 0) is 11.7 Å². The van der Waals surface area contributed by atoms with Gasteiger partial charge in [-0.2, -0.15) is 13.2 Å². The summed E-state index contributed by atoms with van der Waals surface area (Å²) in [5.41, 5.74) is 5.87. The predicted molar refractivity (Wildman–Crippen MR) is 104 cm³/mol. The maximum Gasteiger partial charge on any atom is 0.433 e. The van der Waals surface area contributed by atoms with E-state index in [9.17, 15) is 18.0 Å². The lowest BCUT2D eigenvalue weighted by Crippen LogP contribution is -2.28. The zero-order valence-corrected chi connectivity index (χ0v) is 16.1. The summed E-state index contributed by atoms with van der Waals surface area (Å²) in [5.74, 6) is 0.321. The monoisotopic (exact) mass is 408 g/mol. The summed E-state index contributed by atoms with van der Waals surface area (Å²) in [6.45, 7) is 3.35. The molecule has 3 N–H and O–H groups in total. The summed E-state index contributed by atoms with van der Waals surface area (Å²) in [4.78, 5) is 20.6. The minimum absolute atomic E-state index is 0.0112. The number of nitrogens with two attached hydrogens (primary N) is 1. The largest absolute Gasteiger partial charge is 0.433 e. The molecule has 5 nitrogen and oxygen atoms in total. The van der Waals surface area contributed by atoms with Crippen molar-refractivity contribution in [3.05, 3.63) is 58.9 Å². The standard InChI is InChI=1S/C19H19F3N4OS/c1-11-14(6-7-15(24-11)19(20,21)22)16(27)25-13-5-3-4-12(10-13)18(2)8-9-28-17(23)26-18/h3-7,10H,8-9H2,1-2H3,(H2,23,26)(H,25,27). The van der Waals surface area contributed by atoms with Gasteiger partial charge in [0.15, 0.2) is 5.17 Å². The first-order valence-corrected chi connectivity index (χ1v) is 9.52. The topological polar surface area (TPSA) is 80.4 Å². The Morgan fingerprint density at radius 1 is 1.29 bits per heavy atom. The van der Waals surface area contributed by atoms with E-state index in [2.05, 4.69) is 15.3 Å². The van der Waals surface area contributed by atoms with Crippen molar-refractivity contribution in [1.82, 2.24) is 4.98 Å². The molecule has 28 heavy (non-hydrogen) atoms. The average molecular weight is 408 g/mol. The maximum atomic E-state index is 12.7. The fraction of sp³-hybridized carbons (Fsp3) is 0.316. The Morgan fingerprint density at radius 2 is 2.04 bits per heavy atom. The number of aryl methyl sites for hydroxylation is 1. The summed E-state index contributed by atoms with van der Waals surface area (Å²) >= 11 is 1.50. The fourth-order valence-electron chi connectivity index (χ4n) is 2.98. The normalized spacial score (nSPS) is 19.8.